The molecular formula is C13H10Cl2FNO3S. The van der Waals surface area contributed by atoms with Crippen LogP contribution in [0.15, 0.2) is 41.3 Å². The van der Waals surface area contributed by atoms with Crippen molar-refractivity contribution in [1.82, 2.24) is 0 Å². The van der Waals surface area contributed by atoms with Gasteiger partial charge in [0.25, 0.3) is 10.0 Å². The number of nitrogens with one attached hydrogen (secondary N) is 1. The van der Waals surface area contributed by atoms with E-state index in [-0.39, 0.29) is 21.4 Å². The summed E-state index contributed by atoms with van der Waals surface area (Å²) < 4.78 is 45.1. The van der Waals surface area contributed by atoms with E-state index in [1.807, 2.05) is 0 Å². The summed E-state index contributed by atoms with van der Waals surface area (Å²) in [4.78, 5) is -0.309. The SMILES string of the molecule is COc1ccc(F)cc1S(=O)(=O)Nc1ccc(Cl)c(Cl)c1. The van der Waals surface area contributed by atoms with Crippen LogP contribution < -0.4 is 9.46 Å². The Balaban J connectivity index is 2.42. The Morgan fingerprint density at radius 1 is 1.10 bits per heavy atom. The van der Waals surface area contributed by atoms with Crippen molar-refractivity contribution in [2.24, 2.45) is 0 Å². The zero-order valence-electron chi connectivity index (χ0n) is 10.7. The quantitative estimate of drug-likeness (QED) is 0.909. The second-order valence-corrected chi connectivity index (χ2v) is 6.49. The molecule has 21 heavy (non-hydrogen) atoms. The highest BCUT2D eigenvalue weighted by atomic mass is 35.5. The second-order valence-electron chi connectivity index (χ2n) is 4.03. The molecule has 0 spiro atoms. The molecule has 0 aliphatic carbocycles. The van der Waals surface area contributed by atoms with Gasteiger partial charge in [0, 0.05) is 0 Å². The average molecular weight is 350 g/mol. The first-order valence-corrected chi connectivity index (χ1v) is 7.89. The predicted octanol–water partition coefficient (Wildman–Crippen LogP) is 3.94. The summed E-state index contributed by atoms with van der Waals surface area (Å²) in [5.41, 5.74) is 0.204. The van der Waals surface area contributed by atoms with E-state index in [0.29, 0.717) is 5.02 Å². The Morgan fingerprint density at radius 2 is 1.81 bits per heavy atom. The standard InChI is InChI=1S/C13H10Cl2FNO3S/c1-20-12-5-2-8(16)6-13(12)21(18,19)17-9-3-4-10(14)11(15)7-9/h2-7,17H,1H3. The van der Waals surface area contributed by atoms with Gasteiger partial charge in [0.05, 0.1) is 22.8 Å². The van der Waals surface area contributed by atoms with E-state index in [0.717, 1.165) is 12.1 Å². The summed E-state index contributed by atoms with van der Waals surface area (Å²) in [6, 6.07) is 7.46. The highest BCUT2D eigenvalue weighted by Crippen LogP contribution is 2.29. The molecule has 4 nitrogen and oxygen atoms in total. The minimum absolute atomic E-state index is 0.0314. The van der Waals surface area contributed by atoms with Gasteiger partial charge in [0.2, 0.25) is 0 Å². The minimum Gasteiger partial charge on any atom is -0.495 e. The number of hydrogen-bond acceptors (Lipinski definition) is 3. The fourth-order valence-electron chi connectivity index (χ4n) is 1.63. The third kappa shape index (κ3) is 3.58. The summed E-state index contributed by atoms with van der Waals surface area (Å²) in [6.45, 7) is 0. The van der Waals surface area contributed by atoms with Gasteiger partial charge < -0.3 is 4.74 Å². The van der Waals surface area contributed by atoms with Crippen LogP contribution in [0.4, 0.5) is 10.1 Å². The van der Waals surface area contributed by atoms with E-state index in [1.54, 1.807) is 0 Å². The minimum atomic E-state index is -4.02. The van der Waals surface area contributed by atoms with Crippen LogP contribution >= 0.6 is 23.2 Å². The molecule has 0 radical (unpaired) electrons. The highest BCUT2D eigenvalue weighted by Gasteiger charge is 2.20. The van der Waals surface area contributed by atoms with Crippen molar-refractivity contribution in [3.8, 4) is 5.75 Å². The summed E-state index contributed by atoms with van der Waals surface area (Å²) in [5, 5.41) is 0.492. The third-order valence-electron chi connectivity index (χ3n) is 2.59. The largest absolute Gasteiger partial charge is 0.495 e. The molecule has 0 fully saturated rings. The lowest BCUT2D eigenvalue weighted by atomic mass is 10.3. The van der Waals surface area contributed by atoms with E-state index in [2.05, 4.69) is 4.72 Å². The first-order valence-electron chi connectivity index (χ1n) is 5.65. The smallest absolute Gasteiger partial charge is 0.265 e. The molecule has 2 aromatic carbocycles. The number of methoxy groups -OCH3 is 1. The van der Waals surface area contributed by atoms with Gasteiger partial charge in [-0.2, -0.15) is 0 Å². The lowest BCUT2D eigenvalue weighted by molar-refractivity contribution is 0.401. The predicted molar refractivity (Wildman–Crippen MR) is 80.2 cm³/mol. The molecule has 0 amide bonds. The molecule has 0 atom stereocenters. The van der Waals surface area contributed by atoms with Crippen LogP contribution in [0.2, 0.25) is 10.0 Å². The van der Waals surface area contributed by atoms with E-state index < -0.39 is 15.8 Å². The zero-order chi connectivity index (χ0) is 15.6. The number of rotatable bonds is 4. The van der Waals surface area contributed by atoms with Crippen LogP contribution in [0.5, 0.6) is 5.75 Å². The number of ether oxygens (including phenoxy) is 1. The number of benzene rings is 2. The van der Waals surface area contributed by atoms with E-state index in [1.165, 1.54) is 31.4 Å². The van der Waals surface area contributed by atoms with Gasteiger partial charge in [-0.1, -0.05) is 23.2 Å². The summed E-state index contributed by atoms with van der Waals surface area (Å²) >= 11 is 11.6. The molecule has 0 aliphatic heterocycles. The maximum absolute atomic E-state index is 13.3. The van der Waals surface area contributed by atoms with Gasteiger partial charge >= 0.3 is 0 Å². The van der Waals surface area contributed by atoms with Crippen LogP contribution in [0.25, 0.3) is 0 Å². The van der Waals surface area contributed by atoms with Crippen LogP contribution in [0.3, 0.4) is 0 Å². The highest BCUT2D eigenvalue weighted by molar-refractivity contribution is 7.92. The fourth-order valence-corrected chi connectivity index (χ4v) is 3.16. The Bertz CT molecular complexity index is 781. The van der Waals surface area contributed by atoms with Crippen LogP contribution in [-0.4, -0.2) is 15.5 Å². The molecule has 2 rings (SSSR count). The van der Waals surface area contributed by atoms with Crippen molar-refractivity contribution in [2.45, 2.75) is 4.90 Å². The van der Waals surface area contributed by atoms with Gasteiger partial charge in [-0.25, -0.2) is 12.8 Å². The lowest BCUT2D eigenvalue weighted by Gasteiger charge is -2.12. The van der Waals surface area contributed by atoms with Gasteiger partial charge in [-0.05, 0) is 36.4 Å². The third-order valence-corrected chi connectivity index (χ3v) is 4.73. The Labute approximate surface area is 131 Å². The Kier molecular flexibility index (Phi) is 4.61. The monoisotopic (exact) mass is 349 g/mol. The molecule has 0 aromatic heterocycles. The molecule has 0 unspecified atom stereocenters. The van der Waals surface area contributed by atoms with Crippen LogP contribution in [0, 0.1) is 5.82 Å². The lowest BCUT2D eigenvalue weighted by Crippen LogP contribution is -2.14. The maximum Gasteiger partial charge on any atom is 0.265 e. The molecule has 0 saturated heterocycles. The van der Waals surface area contributed by atoms with Crippen molar-refractivity contribution >= 4 is 38.9 Å². The molecule has 2 aromatic rings. The normalized spacial score (nSPS) is 11.2. The molecule has 1 N–H and O–H groups in total. The first kappa shape index (κ1) is 15.9. The van der Waals surface area contributed by atoms with Crippen molar-refractivity contribution in [1.29, 1.82) is 0 Å². The van der Waals surface area contributed by atoms with E-state index in [9.17, 15) is 12.8 Å². The van der Waals surface area contributed by atoms with Gasteiger partial charge in [-0.15, -0.1) is 0 Å². The zero-order valence-corrected chi connectivity index (χ0v) is 13.1. The van der Waals surface area contributed by atoms with Gasteiger partial charge in [0.1, 0.15) is 16.5 Å². The van der Waals surface area contributed by atoms with Crippen molar-refractivity contribution in [3.63, 3.8) is 0 Å². The summed E-state index contributed by atoms with van der Waals surface area (Å²) in [7, 11) is -2.73. The number of halogens is 3. The molecule has 112 valence electrons. The molecule has 8 heteroatoms. The van der Waals surface area contributed by atoms with Gasteiger partial charge in [0.15, 0.2) is 0 Å². The van der Waals surface area contributed by atoms with E-state index >= 15 is 0 Å². The number of hydrogen-bond donors (Lipinski definition) is 1. The average Bonchev–Trinajstić information content (AvgIpc) is 2.42. The van der Waals surface area contributed by atoms with Crippen LogP contribution in [-0.2, 0) is 10.0 Å². The van der Waals surface area contributed by atoms with Crippen molar-refractivity contribution in [3.05, 3.63) is 52.3 Å². The molecule has 0 heterocycles. The molecule has 0 bridgehead atoms. The number of anilines is 1. The topological polar surface area (TPSA) is 55.4 Å². The number of sulfonamides is 1. The molecule has 0 saturated carbocycles. The van der Waals surface area contributed by atoms with Crippen LogP contribution in [0.1, 0.15) is 0 Å². The Morgan fingerprint density at radius 3 is 2.43 bits per heavy atom. The second kappa shape index (κ2) is 6.09. The van der Waals surface area contributed by atoms with Crippen molar-refractivity contribution in [2.75, 3.05) is 11.8 Å². The maximum atomic E-state index is 13.3. The molecular weight excluding hydrogens is 340 g/mol. The Hall–Kier alpha value is -1.50. The summed E-state index contributed by atoms with van der Waals surface area (Å²) in [5.74, 6) is -0.658. The van der Waals surface area contributed by atoms with Crippen molar-refractivity contribution < 1.29 is 17.5 Å². The molecule has 0 aliphatic rings. The first-order chi connectivity index (χ1) is 9.83. The van der Waals surface area contributed by atoms with Gasteiger partial charge in [-0.3, -0.25) is 4.72 Å². The fraction of sp³-hybridized carbons (Fsp3) is 0.0769. The summed E-state index contributed by atoms with van der Waals surface area (Å²) in [6.07, 6.45) is 0. The van der Waals surface area contributed by atoms with E-state index in [4.69, 9.17) is 27.9 Å².